The van der Waals surface area contributed by atoms with Crippen LogP contribution in [-0.2, 0) is 21.2 Å². The van der Waals surface area contributed by atoms with Crippen molar-refractivity contribution in [3.8, 4) is 5.88 Å². The second-order valence-corrected chi connectivity index (χ2v) is 10.7. The highest BCUT2D eigenvalue weighted by atomic mass is 32.2. The summed E-state index contributed by atoms with van der Waals surface area (Å²) in [7, 11) is -5.58. The number of amides is 3. The molecule has 0 radical (unpaired) electrons. The van der Waals surface area contributed by atoms with Gasteiger partial charge in [0.05, 0.1) is 16.1 Å². The van der Waals surface area contributed by atoms with Gasteiger partial charge >= 0.3 is 17.5 Å². The number of ether oxygens (including phenoxy) is 1. The third kappa shape index (κ3) is 4.28. The predicted molar refractivity (Wildman–Crippen MR) is 126 cm³/mol. The van der Waals surface area contributed by atoms with Crippen molar-refractivity contribution in [1.82, 2.24) is 9.88 Å². The number of halogens is 3. The van der Waals surface area contributed by atoms with E-state index in [2.05, 4.69) is 4.98 Å². The molecule has 196 valence electrons. The Hall–Kier alpha value is -4.26. The Morgan fingerprint density at radius 2 is 1.66 bits per heavy atom. The average Bonchev–Trinajstić information content (AvgIpc) is 3.66. The van der Waals surface area contributed by atoms with E-state index in [0.717, 1.165) is 17.0 Å². The number of nitrogens with zero attached hydrogens (tertiary/aromatic N) is 3. The first-order chi connectivity index (χ1) is 17.9. The van der Waals surface area contributed by atoms with Crippen molar-refractivity contribution < 1.29 is 40.7 Å². The molecule has 9 nitrogen and oxygen atoms in total. The molecule has 1 spiro atoms. The molecule has 5 rings (SSSR count). The van der Waals surface area contributed by atoms with Crippen LogP contribution in [0.25, 0.3) is 0 Å². The van der Waals surface area contributed by atoms with Gasteiger partial charge in [-0.2, -0.15) is 13.2 Å². The van der Waals surface area contributed by atoms with Crippen LogP contribution in [0.2, 0.25) is 0 Å². The maximum absolute atomic E-state index is 13.3. The number of sulfone groups is 1. The van der Waals surface area contributed by atoms with E-state index < -0.39 is 43.7 Å². The van der Waals surface area contributed by atoms with Gasteiger partial charge in [-0.05, 0) is 60.9 Å². The van der Waals surface area contributed by atoms with E-state index in [1.54, 1.807) is 36.4 Å². The van der Waals surface area contributed by atoms with E-state index in [-0.39, 0.29) is 18.1 Å². The zero-order valence-corrected chi connectivity index (χ0v) is 20.2. The molecule has 1 saturated carbocycles. The first kappa shape index (κ1) is 25.4. The Bertz CT molecular complexity index is 1540. The summed E-state index contributed by atoms with van der Waals surface area (Å²) in [6.07, 6.45) is 2.16. The van der Waals surface area contributed by atoms with Crippen LogP contribution in [0, 0.1) is 0 Å². The van der Waals surface area contributed by atoms with Gasteiger partial charge in [-0.3, -0.25) is 4.79 Å². The second kappa shape index (κ2) is 8.94. The second-order valence-electron chi connectivity index (χ2n) is 8.74. The molecular weight excluding hydrogens is 527 g/mol. The SMILES string of the molecule is O=C(Oc1cc(CN2C(=O)N(c3ccc(S(=O)(=O)C(F)(F)F)cc3)C(=O)C23CC3)ccn1)c1ccccc1. The van der Waals surface area contributed by atoms with Crippen LogP contribution in [0.5, 0.6) is 5.88 Å². The van der Waals surface area contributed by atoms with Gasteiger partial charge in [0.25, 0.3) is 15.7 Å². The molecule has 1 aliphatic carbocycles. The number of pyridine rings is 1. The molecule has 0 unspecified atom stereocenters. The van der Waals surface area contributed by atoms with Crippen molar-refractivity contribution in [2.75, 3.05) is 4.90 Å². The van der Waals surface area contributed by atoms with Crippen LogP contribution in [0.3, 0.4) is 0 Å². The zero-order chi connectivity index (χ0) is 27.3. The molecule has 38 heavy (non-hydrogen) atoms. The normalized spacial score (nSPS) is 16.7. The fourth-order valence-corrected chi connectivity index (χ4v) is 4.95. The lowest BCUT2D eigenvalue weighted by Gasteiger charge is -2.21. The summed E-state index contributed by atoms with van der Waals surface area (Å²) < 4.78 is 67.2. The van der Waals surface area contributed by atoms with Gasteiger partial charge in [0.15, 0.2) is 0 Å². The molecule has 0 N–H and O–H groups in total. The minimum absolute atomic E-state index is 0.00232. The van der Waals surface area contributed by atoms with Gasteiger partial charge in [0, 0.05) is 18.8 Å². The number of rotatable bonds is 6. The van der Waals surface area contributed by atoms with E-state index >= 15 is 0 Å². The van der Waals surface area contributed by atoms with Crippen molar-refractivity contribution >= 4 is 33.4 Å². The number of carbonyl (C=O) groups is 3. The molecule has 2 heterocycles. The Kier molecular flexibility index (Phi) is 5.97. The predicted octanol–water partition coefficient (Wildman–Crippen LogP) is 4.10. The van der Waals surface area contributed by atoms with E-state index in [1.807, 2.05) is 0 Å². The van der Waals surface area contributed by atoms with Crippen LogP contribution in [0.4, 0.5) is 23.7 Å². The highest BCUT2D eigenvalue weighted by molar-refractivity contribution is 7.92. The lowest BCUT2D eigenvalue weighted by atomic mass is 10.2. The average molecular weight is 545 g/mol. The largest absolute Gasteiger partial charge is 0.501 e. The van der Waals surface area contributed by atoms with Gasteiger partial charge in [-0.25, -0.2) is 27.9 Å². The van der Waals surface area contributed by atoms with Crippen molar-refractivity contribution in [1.29, 1.82) is 0 Å². The number of alkyl halides is 3. The lowest BCUT2D eigenvalue weighted by molar-refractivity contribution is -0.120. The van der Waals surface area contributed by atoms with Gasteiger partial charge < -0.3 is 9.64 Å². The van der Waals surface area contributed by atoms with Crippen LogP contribution in [-0.4, -0.2) is 47.3 Å². The van der Waals surface area contributed by atoms with Crippen LogP contribution in [0.1, 0.15) is 28.8 Å². The van der Waals surface area contributed by atoms with Crippen molar-refractivity contribution in [3.63, 3.8) is 0 Å². The molecule has 13 heteroatoms. The minimum atomic E-state index is -5.58. The number of carbonyl (C=O) groups excluding carboxylic acids is 3. The summed E-state index contributed by atoms with van der Waals surface area (Å²) in [5.41, 5.74) is -5.81. The van der Waals surface area contributed by atoms with E-state index in [4.69, 9.17) is 4.74 Å². The number of benzene rings is 2. The standard InChI is InChI=1S/C25H18F3N3O6S/c26-25(27,28)38(35,36)19-8-6-18(7-9-19)31-22(33)24(11-12-24)30(23(31)34)15-16-10-13-29-20(14-16)37-21(32)17-4-2-1-3-5-17/h1-10,13-14H,11-12,15H2. The summed E-state index contributed by atoms with van der Waals surface area (Å²) in [6, 6.07) is 14.0. The van der Waals surface area contributed by atoms with Crippen molar-refractivity contribution in [2.45, 2.75) is 35.3 Å². The van der Waals surface area contributed by atoms with E-state index in [0.29, 0.717) is 36.1 Å². The topological polar surface area (TPSA) is 114 Å². The minimum Gasteiger partial charge on any atom is -0.404 e. The van der Waals surface area contributed by atoms with Gasteiger partial charge in [-0.15, -0.1) is 0 Å². The fraction of sp³-hybridized carbons (Fsp3) is 0.200. The van der Waals surface area contributed by atoms with Crippen molar-refractivity contribution in [3.05, 3.63) is 84.1 Å². The highest BCUT2D eigenvalue weighted by Crippen LogP contribution is 2.50. The number of hydrogen-bond acceptors (Lipinski definition) is 7. The quantitative estimate of drug-likeness (QED) is 0.339. The number of anilines is 1. The smallest absolute Gasteiger partial charge is 0.404 e. The number of aromatic nitrogens is 1. The lowest BCUT2D eigenvalue weighted by Crippen LogP contribution is -2.36. The molecule has 1 aliphatic heterocycles. The molecule has 2 fully saturated rings. The summed E-state index contributed by atoms with van der Waals surface area (Å²) in [6.45, 7) is -0.0278. The maximum atomic E-state index is 13.3. The first-order valence-electron chi connectivity index (χ1n) is 11.2. The summed E-state index contributed by atoms with van der Waals surface area (Å²) in [5, 5.41) is 0. The zero-order valence-electron chi connectivity index (χ0n) is 19.4. The summed E-state index contributed by atoms with van der Waals surface area (Å²) >= 11 is 0. The molecule has 2 aromatic carbocycles. The van der Waals surface area contributed by atoms with E-state index in [1.165, 1.54) is 17.2 Å². The van der Waals surface area contributed by atoms with Gasteiger partial charge in [0.2, 0.25) is 5.88 Å². The molecule has 1 saturated heterocycles. The third-order valence-corrected chi connectivity index (χ3v) is 7.82. The fourth-order valence-electron chi connectivity index (χ4n) is 4.19. The number of urea groups is 1. The van der Waals surface area contributed by atoms with Crippen LogP contribution >= 0.6 is 0 Å². The Balaban J connectivity index is 1.36. The molecule has 0 atom stereocenters. The molecule has 1 aromatic heterocycles. The molecular formula is C25H18F3N3O6S. The monoisotopic (exact) mass is 545 g/mol. The number of hydrogen-bond donors (Lipinski definition) is 0. The number of esters is 1. The van der Waals surface area contributed by atoms with Gasteiger partial charge in [0.1, 0.15) is 5.54 Å². The molecule has 3 amide bonds. The van der Waals surface area contributed by atoms with Crippen molar-refractivity contribution in [2.24, 2.45) is 0 Å². The Labute approximate surface area is 214 Å². The summed E-state index contributed by atoms with van der Waals surface area (Å²) in [4.78, 5) is 44.0. The Morgan fingerprint density at radius 3 is 2.26 bits per heavy atom. The molecule has 0 bridgehead atoms. The number of imide groups is 1. The Morgan fingerprint density at radius 1 is 1.00 bits per heavy atom. The highest BCUT2D eigenvalue weighted by Gasteiger charge is 2.65. The van der Waals surface area contributed by atoms with Crippen LogP contribution < -0.4 is 9.64 Å². The molecule has 2 aliphatic rings. The van der Waals surface area contributed by atoms with E-state index in [9.17, 15) is 36.0 Å². The third-order valence-electron chi connectivity index (χ3n) is 6.32. The van der Waals surface area contributed by atoms with Crippen LogP contribution in [0.15, 0.2) is 77.8 Å². The summed E-state index contributed by atoms with van der Waals surface area (Å²) in [5.74, 6) is -1.18. The van der Waals surface area contributed by atoms with Gasteiger partial charge in [-0.1, -0.05) is 18.2 Å². The first-order valence-corrected chi connectivity index (χ1v) is 12.7. The molecule has 3 aromatic rings. The maximum Gasteiger partial charge on any atom is 0.501 e.